The monoisotopic (exact) mass is 264 g/mol. The molecule has 0 fully saturated rings. The Morgan fingerprint density at radius 2 is 2.22 bits per heavy atom. The summed E-state index contributed by atoms with van der Waals surface area (Å²) in [6.45, 7) is 3.34. The lowest BCUT2D eigenvalue weighted by Crippen LogP contribution is -2.00. The van der Waals surface area contributed by atoms with Crippen molar-refractivity contribution < 1.29 is 9.47 Å². The molecule has 1 N–H and O–H groups in total. The molecule has 0 atom stereocenters. The smallest absolute Gasteiger partial charge is 0.163 e. The van der Waals surface area contributed by atoms with E-state index in [-0.39, 0.29) is 0 Å². The molecule has 2 rings (SSSR count). The van der Waals surface area contributed by atoms with E-state index in [0.717, 1.165) is 23.7 Å². The van der Waals surface area contributed by atoms with E-state index >= 15 is 0 Å². The predicted octanol–water partition coefficient (Wildman–Crippen LogP) is 3.16. The largest absolute Gasteiger partial charge is 0.493 e. The predicted molar refractivity (Wildman–Crippen MR) is 73.6 cm³/mol. The molecular weight excluding hydrogens is 248 g/mol. The van der Waals surface area contributed by atoms with Gasteiger partial charge in [-0.3, -0.25) is 4.98 Å². The van der Waals surface area contributed by atoms with Crippen LogP contribution in [0.5, 0.6) is 11.5 Å². The van der Waals surface area contributed by atoms with Crippen molar-refractivity contribution in [3.05, 3.63) is 34.8 Å². The Hall–Kier alpha value is -1.75. The minimum absolute atomic E-state index is 0.620. The van der Waals surface area contributed by atoms with E-state index in [1.165, 1.54) is 4.88 Å². The molecule has 0 bridgehead atoms. The second-order valence-corrected chi connectivity index (χ2v) is 4.59. The van der Waals surface area contributed by atoms with Gasteiger partial charge in [-0.15, -0.1) is 11.3 Å². The lowest BCUT2D eigenvalue weighted by Gasteiger charge is -2.11. The van der Waals surface area contributed by atoms with Crippen molar-refractivity contribution in [2.75, 3.05) is 19.0 Å². The molecule has 0 saturated carbocycles. The fourth-order valence-electron chi connectivity index (χ4n) is 1.57. The van der Waals surface area contributed by atoms with Gasteiger partial charge in [0.25, 0.3) is 0 Å². The van der Waals surface area contributed by atoms with E-state index in [1.54, 1.807) is 18.4 Å². The fraction of sp³-hybridized carbons (Fsp3) is 0.308. The summed E-state index contributed by atoms with van der Waals surface area (Å²) in [5, 5.41) is 3.33. The maximum absolute atomic E-state index is 5.53. The van der Waals surface area contributed by atoms with Gasteiger partial charge < -0.3 is 14.8 Å². The zero-order valence-electron chi connectivity index (χ0n) is 10.5. The first-order valence-corrected chi connectivity index (χ1v) is 6.63. The molecule has 0 radical (unpaired) electrons. The minimum atomic E-state index is 0.620. The molecule has 0 spiro atoms. The zero-order chi connectivity index (χ0) is 12.8. The summed E-state index contributed by atoms with van der Waals surface area (Å²) in [4.78, 5) is 5.24. The van der Waals surface area contributed by atoms with E-state index < -0.39 is 0 Å². The van der Waals surface area contributed by atoms with Gasteiger partial charge in [-0.25, -0.2) is 0 Å². The van der Waals surface area contributed by atoms with Crippen LogP contribution in [0.2, 0.25) is 0 Å². The Kier molecular flexibility index (Phi) is 4.41. The van der Waals surface area contributed by atoms with Crippen LogP contribution >= 0.6 is 11.3 Å². The van der Waals surface area contributed by atoms with Crippen molar-refractivity contribution in [3.8, 4) is 11.5 Å². The molecule has 0 saturated heterocycles. The zero-order valence-corrected chi connectivity index (χ0v) is 11.3. The van der Waals surface area contributed by atoms with Gasteiger partial charge in [0.2, 0.25) is 0 Å². The summed E-state index contributed by atoms with van der Waals surface area (Å²) in [6, 6.07) is 5.83. The first-order valence-electron chi connectivity index (χ1n) is 5.75. The van der Waals surface area contributed by atoms with Gasteiger partial charge in [0.1, 0.15) is 0 Å². The van der Waals surface area contributed by atoms with E-state index in [4.69, 9.17) is 9.47 Å². The van der Waals surface area contributed by atoms with Crippen LogP contribution in [0.25, 0.3) is 0 Å². The summed E-state index contributed by atoms with van der Waals surface area (Å²) in [6.07, 6.45) is 1.87. The SMILES string of the molecule is CCOc1cc(NCc2cncs2)ccc1OC. The average Bonchev–Trinajstić information content (AvgIpc) is 2.90. The maximum Gasteiger partial charge on any atom is 0.163 e. The molecule has 1 aromatic heterocycles. The summed E-state index contributed by atoms with van der Waals surface area (Å²) in [7, 11) is 1.64. The lowest BCUT2D eigenvalue weighted by molar-refractivity contribution is 0.311. The van der Waals surface area contributed by atoms with E-state index in [2.05, 4.69) is 10.3 Å². The molecule has 5 heteroatoms. The Labute approximate surface area is 111 Å². The number of anilines is 1. The van der Waals surface area contributed by atoms with Crippen LogP contribution in [0.4, 0.5) is 5.69 Å². The summed E-state index contributed by atoms with van der Waals surface area (Å²) in [5.41, 5.74) is 2.84. The molecule has 0 aliphatic rings. The number of hydrogen-bond donors (Lipinski definition) is 1. The molecule has 2 aromatic rings. The minimum Gasteiger partial charge on any atom is -0.493 e. The second-order valence-electron chi connectivity index (χ2n) is 3.62. The second kappa shape index (κ2) is 6.26. The number of hydrogen-bond acceptors (Lipinski definition) is 5. The van der Waals surface area contributed by atoms with Crippen LogP contribution in [0, 0.1) is 0 Å². The van der Waals surface area contributed by atoms with Crippen LogP contribution in [0.15, 0.2) is 29.9 Å². The van der Waals surface area contributed by atoms with Crippen molar-refractivity contribution in [1.29, 1.82) is 0 Å². The van der Waals surface area contributed by atoms with E-state index in [9.17, 15) is 0 Å². The number of benzene rings is 1. The van der Waals surface area contributed by atoms with Gasteiger partial charge in [0.05, 0.1) is 25.8 Å². The van der Waals surface area contributed by atoms with Gasteiger partial charge in [-0.05, 0) is 19.1 Å². The van der Waals surface area contributed by atoms with Crippen molar-refractivity contribution in [2.24, 2.45) is 0 Å². The number of aromatic nitrogens is 1. The van der Waals surface area contributed by atoms with Crippen LogP contribution < -0.4 is 14.8 Å². The highest BCUT2D eigenvalue weighted by molar-refractivity contribution is 7.09. The average molecular weight is 264 g/mol. The summed E-state index contributed by atoms with van der Waals surface area (Å²) < 4.78 is 10.8. The number of thiazole rings is 1. The van der Waals surface area contributed by atoms with Crippen LogP contribution in [-0.2, 0) is 6.54 Å². The molecule has 0 unspecified atom stereocenters. The van der Waals surface area contributed by atoms with Gasteiger partial charge in [-0.1, -0.05) is 0 Å². The molecule has 4 nitrogen and oxygen atoms in total. The molecule has 1 aromatic carbocycles. The highest BCUT2D eigenvalue weighted by Gasteiger charge is 2.05. The highest BCUT2D eigenvalue weighted by atomic mass is 32.1. The molecule has 0 aliphatic heterocycles. The van der Waals surface area contributed by atoms with E-state index in [0.29, 0.717) is 6.61 Å². The quantitative estimate of drug-likeness (QED) is 0.870. The van der Waals surface area contributed by atoms with Crippen LogP contribution in [0.3, 0.4) is 0 Å². The number of methoxy groups -OCH3 is 1. The van der Waals surface area contributed by atoms with E-state index in [1.807, 2.05) is 36.8 Å². The third kappa shape index (κ3) is 3.13. The van der Waals surface area contributed by atoms with Crippen LogP contribution in [-0.4, -0.2) is 18.7 Å². The van der Waals surface area contributed by atoms with Crippen LogP contribution in [0.1, 0.15) is 11.8 Å². The van der Waals surface area contributed by atoms with Crippen molar-refractivity contribution in [2.45, 2.75) is 13.5 Å². The standard InChI is InChI=1S/C13H16N2O2S/c1-3-17-13-6-10(4-5-12(13)16-2)15-8-11-7-14-9-18-11/h4-7,9,15H,3,8H2,1-2H3. The third-order valence-corrected chi connectivity index (χ3v) is 3.19. The van der Waals surface area contributed by atoms with Gasteiger partial charge >= 0.3 is 0 Å². The Morgan fingerprint density at radius 3 is 2.89 bits per heavy atom. The Morgan fingerprint density at radius 1 is 1.33 bits per heavy atom. The lowest BCUT2D eigenvalue weighted by atomic mass is 10.2. The fourth-order valence-corrected chi connectivity index (χ4v) is 2.11. The highest BCUT2D eigenvalue weighted by Crippen LogP contribution is 2.30. The molecular formula is C13H16N2O2S. The van der Waals surface area contributed by atoms with Crippen molar-refractivity contribution in [1.82, 2.24) is 4.98 Å². The van der Waals surface area contributed by atoms with Gasteiger partial charge in [0.15, 0.2) is 11.5 Å². The molecule has 18 heavy (non-hydrogen) atoms. The first-order chi connectivity index (χ1) is 8.83. The molecule has 0 amide bonds. The number of nitrogens with one attached hydrogen (secondary N) is 1. The topological polar surface area (TPSA) is 43.4 Å². The van der Waals surface area contributed by atoms with Crippen molar-refractivity contribution in [3.63, 3.8) is 0 Å². The molecule has 1 heterocycles. The number of nitrogens with zero attached hydrogens (tertiary/aromatic N) is 1. The van der Waals surface area contributed by atoms with Gasteiger partial charge in [0, 0.05) is 22.8 Å². The molecule has 96 valence electrons. The third-order valence-electron chi connectivity index (χ3n) is 2.41. The normalized spacial score (nSPS) is 10.1. The summed E-state index contributed by atoms with van der Waals surface area (Å²) in [5.74, 6) is 1.51. The number of ether oxygens (including phenoxy) is 2. The Balaban J connectivity index is 2.06. The Bertz CT molecular complexity index is 486. The summed E-state index contributed by atoms with van der Waals surface area (Å²) >= 11 is 1.63. The first kappa shape index (κ1) is 12.7. The molecule has 0 aliphatic carbocycles. The number of rotatable bonds is 6. The van der Waals surface area contributed by atoms with Crippen molar-refractivity contribution >= 4 is 17.0 Å². The maximum atomic E-state index is 5.53. The van der Waals surface area contributed by atoms with Gasteiger partial charge in [-0.2, -0.15) is 0 Å².